The van der Waals surface area contributed by atoms with Crippen molar-refractivity contribution in [3.05, 3.63) is 243 Å². The zero-order valence-electron chi connectivity index (χ0n) is 37.7. The normalized spacial score (nSPS) is 12.0. The summed E-state index contributed by atoms with van der Waals surface area (Å²) < 4.78 is 11.6. The Morgan fingerprint density at radius 3 is 1.34 bits per heavy atom. The molecule has 0 spiro atoms. The number of rotatable bonds is 7. The van der Waals surface area contributed by atoms with Gasteiger partial charge in [0.25, 0.3) is 0 Å². The molecule has 5 heterocycles. The van der Waals surface area contributed by atoms with Gasteiger partial charge < -0.3 is 9.47 Å². The Hall–Kier alpha value is -9.66. The van der Waals surface area contributed by atoms with Gasteiger partial charge in [0.05, 0.1) is 77.9 Å². The lowest BCUT2D eigenvalue weighted by molar-refractivity contribution is 1.07. The number of anilines is 3. The minimum Gasteiger partial charge on any atom is -0.310 e. The fourth-order valence-corrected chi connectivity index (χ4v) is 11.1. The van der Waals surface area contributed by atoms with Gasteiger partial charge in [-0.25, -0.2) is 9.97 Å². The summed E-state index contributed by atoms with van der Waals surface area (Å²) in [5.74, 6) is 1.67. The molecular formula is C62H40N8. The summed E-state index contributed by atoms with van der Waals surface area (Å²) in [7, 11) is 0. The average molecular weight is 897 g/mol. The predicted molar refractivity (Wildman–Crippen MR) is 287 cm³/mol. The number of para-hydroxylation sites is 11. The van der Waals surface area contributed by atoms with Crippen LogP contribution in [0.15, 0.2) is 243 Å². The van der Waals surface area contributed by atoms with Gasteiger partial charge in [-0.05, 0) is 109 Å². The van der Waals surface area contributed by atoms with Crippen molar-refractivity contribution >= 4 is 94.6 Å². The van der Waals surface area contributed by atoms with Crippen LogP contribution in [-0.2, 0) is 0 Å². The first-order valence-corrected chi connectivity index (χ1v) is 23.7. The zero-order valence-corrected chi connectivity index (χ0v) is 37.7. The molecule has 0 saturated carbocycles. The third-order valence-corrected chi connectivity index (χ3v) is 14.0. The maximum Gasteiger partial charge on any atom is 0.220 e. The van der Waals surface area contributed by atoms with Crippen LogP contribution in [0.3, 0.4) is 0 Å². The fourth-order valence-electron chi connectivity index (χ4n) is 11.1. The number of aromatic nitrogens is 7. The Balaban J connectivity index is 1.07. The first-order valence-electron chi connectivity index (χ1n) is 23.7. The summed E-state index contributed by atoms with van der Waals surface area (Å²) in [4.78, 5) is 13.2. The van der Waals surface area contributed by atoms with Crippen molar-refractivity contribution in [3.63, 3.8) is 0 Å². The summed E-state index contributed by atoms with van der Waals surface area (Å²) in [6.45, 7) is 0. The van der Waals surface area contributed by atoms with E-state index in [1.54, 1.807) is 0 Å². The minimum absolute atomic E-state index is 0.837. The van der Waals surface area contributed by atoms with E-state index in [4.69, 9.17) is 9.97 Å². The molecule has 0 atom stereocenters. The molecule has 15 rings (SSSR count). The van der Waals surface area contributed by atoms with Crippen LogP contribution in [0, 0.1) is 0 Å². The first-order chi connectivity index (χ1) is 34.7. The summed E-state index contributed by atoms with van der Waals surface area (Å²) in [5, 5.41) is 2.45. The van der Waals surface area contributed by atoms with Crippen molar-refractivity contribution in [1.29, 1.82) is 0 Å². The highest BCUT2D eigenvalue weighted by Gasteiger charge is 2.25. The number of imidazole rings is 4. The Morgan fingerprint density at radius 2 is 0.757 bits per heavy atom. The molecule has 0 radical (unpaired) electrons. The lowest BCUT2D eigenvalue weighted by Gasteiger charge is -2.29. The van der Waals surface area contributed by atoms with Crippen LogP contribution in [0.4, 0.5) is 17.1 Å². The molecule has 8 nitrogen and oxygen atoms in total. The van der Waals surface area contributed by atoms with E-state index < -0.39 is 0 Å². The third kappa shape index (κ3) is 5.58. The molecule has 0 fully saturated rings. The molecule has 0 aliphatic carbocycles. The molecule has 15 aromatic rings. The largest absolute Gasteiger partial charge is 0.310 e. The van der Waals surface area contributed by atoms with Crippen molar-refractivity contribution in [1.82, 2.24) is 32.5 Å². The molecule has 10 aromatic carbocycles. The van der Waals surface area contributed by atoms with Gasteiger partial charge in [0.2, 0.25) is 11.6 Å². The molecule has 328 valence electrons. The predicted octanol–water partition coefficient (Wildman–Crippen LogP) is 15.4. The van der Waals surface area contributed by atoms with Crippen molar-refractivity contribution in [2.45, 2.75) is 0 Å². The quantitative estimate of drug-likeness (QED) is 0.160. The number of hydrogen-bond acceptors (Lipinski definition) is 3. The molecule has 5 aromatic heterocycles. The Morgan fingerprint density at radius 1 is 0.300 bits per heavy atom. The average Bonchev–Trinajstić information content (AvgIpc) is 4.22. The highest BCUT2D eigenvalue weighted by atomic mass is 15.2. The molecule has 0 amide bonds. The fraction of sp³-hybridized carbons (Fsp3) is 0. The van der Waals surface area contributed by atoms with Crippen LogP contribution in [-0.4, -0.2) is 32.5 Å². The van der Waals surface area contributed by atoms with Gasteiger partial charge in [-0.3, -0.25) is 17.9 Å². The van der Waals surface area contributed by atoms with Gasteiger partial charge in [-0.2, -0.15) is 0 Å². The van der Waals surface area contributed by atoms with E-state index in [9.17, 15) is 0 Å². The van der Waals surface area contributed by atoms with Gasteiger partial charge in [0, 0.05) is 27.7 Å². The molecule has 0 aliphatic heterocycles. The second-order valence-electron chi connectivity index (χ2n) is 17.9. The minimum atomic E-state index is 0.837. The van der Waals surface area contributed by atoms with E-state index in [0.717, 1.165) is 112 Å². The monoisotopic (exact) mass is 896 g/mol. The standard InChI is InChI=1S/C62H40N8/c1-2-19-41(20-3-1)47-23-4-9-28-52(47)65(42-21-18-22-43(37-42)66-53-29-10-5-24-48(53)49-25-6-11-30-54(49)66)44-38-45(67-57-33-14-16-35-59(57)69-55-31-12-7-26-50(55)63-61(67)69)40-46(39-44)68-58-34-15-17-36-60(58)70-56-32-13-8-27-51(56)64-62(68)70/h1-40H. The summed E-state index contributed by atoms with van der Waals surface area (Å²) in [6.07, 6.45) is 0. The topological polar surface area (TPSA) is 52.6 Å². The number of benzene rings is 10. The Bertz CT molecular complexity index is 4340. The molecule has 0 aliphatic rings. The van der Waals surface area contributed by atoms with Crippen LogP contribution in [0.1, 0.15) is 0 Å². The number of fused-ring (bicyclic) bond motifs is 13. The van der Waals surface area contributed by atoms with Gasteiger partial charge in [-0.1, -0.05) is 140 Å². The van der Waals surface area contributed by atoms with Crippen LogP contribution >= 0.6 is 0 Å². The highest BCUT2D eigenvalue weighted by Crippen LogP contribution is 2.45. The maximum absolute atomic E-state index is 5.37. The molecular weight excluding hydrogens is 857 g/mol. The Labute approximate surface area is 401 Å². The van der Waals surface area contributed by atoms with E-state index in [2.05, 4.69) is 270 Å². The van der Waals surface area contributed by atoms with E-state index >= 15 is 0 Å². The molecule has 8 heteroatoms. The molecule has 0 N–H and O–H groups in total. The second-order valence-corrected chi connectivity index (χ2v) is 17.9. The number of nitrogens with zero attached hydrogens (tertiary/aromatic N) is 8. The van der Waals surface area contributed by atoms with Crippen molar-refractivity contribution < 1.29 is 0 Å². The van der Waals surface area contributed by atoms with Crippen molar-refractivity contribution in [2.75, 3.05) is 4.90 Å². The van der Waals surface area contributed by atoms with Crippen LogP contribution in [0.2, 0.25) is 0 Å². The van der Waals surface area contributed by atoms with E-state index in [-0.39, 0.29) is 0 Å². The number of hydrogen-bond donors (Lipinski definition) is 0. The maximum atomic E-state index is 5.37. The second kappa shape index (κ2) is 14.9. The Kier molecular flexibility index (Phi) is 8.20. The van der Waals surface area contributed by atoms with Crippen LogP contribution in [0.5, 0.6) is 0 Å². The van der Waals surface area contributed by atoms with Gasteiger partial charge in [0.1, 0.15) is 0 Å². The lowest BCUT2D eigenvalue weighted by Crippen LogP contribution is -2.13. The lowest BCUT2D eigenvalue weighted by atomic mass is 10.0. The molecule has 0 unspecified atom stereocenters. The van der Waals surface area contributed by atoms with E-state index in [1.807, 2.05) is 0 Å². The summed E-state index contributed by atoms with van der Waals surface area (Å²) in [5.41, 5.74) is 18.8. The van der Waals surface area contributed by atoms with Crippen LogP contribution < -0.4 is 4.90 Å². The van der Waals surface area contributed by atoms with Crippen LogP contribution in [0.25, 0.3) is 106 Å². The van der Waals surface area contributed by atoms with Gasteiger partial charge >= 0.3 is 0 Å². The van der Waals surface area contributed by atoms with Crippen molar-refractivity contribution in [2.24, 2.45) is 0 Å². The van der Waals surface area contributed by atoms with Gasteiger partial charge in [0.15, 0.2) is 0 Å². The smallest absolute Gasteiger partial charge is 0.220 e. The zero-order chi connectivity index (χ0) is 45.9. The first kappa shape index (κ1) is 38.4. The van der Waals surface area contributed by atoms with Crippen molar-refractivity contribution in [3.8, 4) is 28.2 Å². The van der Waals surface area contributed by atoms with Gasteiger partial charge in [-0.15, -0.1) is 0 Å². The van der Waals surface area contributed by atoms with E-state index in [0.29, 0.717) is 0 Å². The molecule has 0 saturated heterocycles. The highest BCUT2D eigenvalue weighted by molar-refractivity contribution is 6.09. The molecule has 0 bridgehead atoms. The SMILES string of the molecule is c1ccc(-c2ccccc2N(c2cccc(-n3c4ccccc4c4ccccc43)c2)c2cc(-n3c4ccccc4n4c5ccccc5nc34)cc(-n3c4ccccc4n4c5ccccc5nc34)c2)cc1. The molecule has 70 heavy (non-hydrogen) atoms. The van der Waals surface area contributed by atoms with E-state index in [1.165, 1.54) is 10.8 Å². The summed E-state index contributed by atoms with van der Waals surface area (Å²) >= 11 is 0. The third-order valence-electron chi connectivity index (χ3n) is 14.0. The summed E-state index contributed by atoms with van der Waals surface area (Å²) in [6, 6.07) is 86.9.